The first-order valence-corrected chi connectivity index (χ1v) is 8.06. The molecule has 2 aromatic rings. The number of nitrogens with zero attached hydrogens (tertiary/aromatic N) is 3. The van der Waals surface area contributed by atoms with Gasteiger partial charge in [-0.3, -0.25) is 14.4 Å². The van der Waals surface area contributed by atoms with Gasteiger partial charge in [0.15, 0.2) is 0 Å². The molecular formula is C18H22N4O2. The zero-order valence-electron chi connectivity index (χ0n) is 14.5. The Morgan fingerprint density at radius 2 is 1.96 bits per heavy atom. The smallest absolute Gasteiger partial charge is 0.319 e. The predicted octanol–water partition coefficient (Wildman–Crippen LogP) is 2.39. The minimum atomic E-state index is -1.02. The Labute approximate surface area is 141 Å². The summed E-state index contributed by atoms with van der Waals surface area (Å²) in [7, 11) is 1.79. The molecule has 126 valence electrons. The summed E-state index contributed by atoms with van der Waals surface area (Å²) in [5, 5.41) is 7.02. The second-order valence-corrected chi connectivity index (χ2v) is 6.40. The largest absolute Gasteiger partial charge is 0.325 e. The lowest BCUT2D eigenvalue weighted by Gasteiger charge is -2.23. The van der Waals surface area contributed by atoms with Crippen LogP contribution in [0.15, 0.2) is 30.6 Å². The molecule has 0 radical (unpaired) electrons. The summed E-state index contributed by atoms with van der Waals surface area (Å²) < 4.78 is 1.64. The molecule has 3 rings (SSSR count). The Kier molecular flexibility index (Phi) is 3.91. The maximum Gasteiger partial charge on any atom is 0.325 e. The molecule has 1 atom stereocenters. The molecule has 1 aromatic heterocycles. The van der Waals surface area contributed by atoms with Crippen LogP contribution in [0.5, 0.6) is 0 Å². The number of nitrogens with one attached hydrogen (secondary N) is 1. The van der Waals surface area contributed by atoms with E-state index in [9.17, 15) is 9.59 Å². The Morgan fingerprint density at radius 1 is 1.21 bits per heavy atom. The van der Waals surface area contributed by atoms with Crippen LogP contribution in [-0.4, -0.2) is 26.6 Å². The number of amides is 3. The Bertz CT molecular complexity index is 811. The van der Waals surface area contributed by atoms with Crippen molar-refractivity contribution in [3.8, 4) is 0 Å². The lowest BCUT2D eigenvalue weighted by molar-refractivity contribution is -0.132. The van der Waals surface area contributed by atoms with Gasteiger partial charge in [-0.2, -0.15) is 5.10 Å². The summed E-state index contributed by atoms with van der Waals surface area (Å²) in [6.45, 7) is 6.23. The zero-order chi connectivity index (χ0) is 17.5. The number of imide groups is 1. The fourth-order valence-corrected chi connectivity index (χ4v) is 3.14. The van der Waals surface area contributed by atoms with E-state index in [1.165, 1.54) is 10.5 Å². The summed E-state index contributed by atoms with van der Waals surface area (Å²) in [6, 6.07) is 5.63. The van der Waals surface area contributed by atoms with Crippen LogP contribution >= 0.6 is 0 Å². The van der Waals surface area contributed by atoms with Gasteiger partial charge < -0.3 is 5.32 Å². The van der Waals surface area contributed by atoms with Crippen molar-refractivity contribution in [2.45, 2.75) is 39.3 Å². The third-order valence-electron chi connectivity index (χ3n) is 4.82. The summed E-state index contributed by atoms with van der Waals surface area (Å²) in [6.07, 6.45) is 3.90. The average Bonchev–Trinajstić information content (AvgIpc) is 3.08. The van der Waals surface area contributed by atoms with Gasteiger partial charge in [0, 0.05) is 18.8 Å². The zero-order valence-corrected chi connectivity index (χ0v) is 14.5. The van der Waals surface area contributed by atoms with Crippen LogP contribution in [0.4, 0.5) is 4.79 Å². The molecule has 6 nitrogen and oxygen atoms in total. The minimum absolute atomic E-state index is 0.221. The van der Waals surface area contributed by atoms with Crippen LogP contribution in [0.3, 0.4) is 0 Å². The lowest BCUT2D eigenvalue weighted by Crippen LogP contribution is -2.43. The van der Waals surface area contributed by atoms with Crippen molar-refractivity contribution in [1.82, 2.24) is 20.0 Å². The van der Waals surface area contributed by atoms with E-state index < -0.39 is 5.54 Å². The van der Waals surface area contributed by atoms with Gasteiger partial charge in [0.1, 0.15) is 5.54 Å². The molecule has 0 spiro atoms. The number of carbonyl (C=O) groups is 2. The van der Waals surface area contributed by atoms with Crippen LogP contribution in [0.1, 0.15) is 35.6 Å². The van der Waals surface area contributed by atoms with Crippen molar-refractivity contribution in [2.24, 2.45) is 7.05 Å². The molecule has 2 heterocycles. The Hall–Kier alpha value is -2.63. The van der Waals surface area contributed by atoms with Crippen LogP contribution in [0.25, 0.3) is 0 Å². The van der Waals surface area contributed by atoms with E-state index in [0.29, 0.717) is 12.0 Å². The van der Waals surface area contributed by atoms with Crippen LogP contribution in [0, 0.1) is 13.8 Å². The molecule has 1 saturated heterocycles. The molecule has 24 heavy (non-hydrogen) atoms. The second-order valence-electron chi connectivity index (χ2n) is 6.40. The van der Waals surface area contributed by atoms with E-state index in [2.05, 4.69) is 10.4 Å². The number of rotatable bonds is 4. The highest BCUT2D eigenvalue weighted by atomic mass is 16.2. The summed E-state index contributed by atoms with van der Waals surface area (Å²) >= 11 is 0. The first-order valence-electron chi connectivity index (χ1n) is 8.06. The fourth-order valence-electron chi connectivity index (χ4n) is 3.14. The molecule has 3 amide bonds. The Morgan fingerprint density at radius 3 is 2.54 bits per heavy atom. The molecule has 6 heteroatoms. The highest BCUT2D eigenvalue weighted by Crippen LogP contribution is 2.33. The fraction of sp³-hybridized carbons (Fsp3) is 0.389. The topological polar surface area (TPSA) is 67.2 Å². The number of aryl methyl sites for hydroxylation is 3. The van der Waals surface area contributed by atoms with Gasteiger partial charge in [-0.25, -0.2) is 4.79 Å². The lowest BCUT2D eigenvalue weighted by atomic mass is 9.89. The standard InChI is InChI=1S/C18H22N4O2/c1-5-18(15-9-19-21(4)11-15)16(23)22(17(24)20-18)10-14-7-6-12(2)13(3)8-14/h6-9,11H,5,10H2,1-4H3,(H,20,24)/t18-/m0/s1. The molecule has 1 aliphatic heterocycles. The molecule has 1 aromatic carbocycles. The van der Waals surface area contributed by atoms with Gasteiger partial charge >= 0.3 is 6.03 Å². The van der Waals surface area contributed by atoms with Gasteiger partial charge in [-0.15, -0.1) is 0 Å². The summed E-state index contributed by atoms with van der Waals surface area (Å²) in [5.41, 5.74) is 2.97. The third-order valence-corrected chi connectivity index (χ3v) is 4.82. The number of benzene rings is 1. The first-order chi connectivity index (χ1) is 11.4. The van der Waals surface area contributed by atoms with E-state index in [4.69, 9.17) is 0 Å². The molecule has 0 aliphatic carbocycles. The monoisotopic (exact) mass is 326 g/mol. The number of hydrogen-bond acceptors (Lipinski definition) is 3. The van der Waals surface area contributed by atoms with Crippen LogP contribution in [0.2, 0.25) is 0 Å². The van der Waals surface area contributed by atoms with Crippen LogP contribution < -0.4 is 5.32 Å². The van der Waals surface area contributed by atoms with Crippen LogP contribution in [-0.2, 0) is 23.9 Å². The van der Waals surface area contributed by atoms with E-state index in [-0.39, 0.29) is 18.5 Å². The Balaban J connectivity index is 1.92. The predicted molar refractivity (Wildman–Crippen MR) is 90.2 cm³/mol. The number of urea groups is 1. The number of aromatic nitrogens is 2. The van der Waals surface area contributed by atoms with Gasteiger partial charge in [0.25, 0.3) is 5.91 Å². The molecule has 1 aliphatic rings. The van der Waals surface area contributed by atoms with Crippen molar-refractivity contribution in [1.29, 1.82) is 0 Å². The highest BCUT2D eigenvalue weighted by Gasteiger charge is 2.51. The van der Waals surface area contributed by atoms with Crippen molar-refractivity contribution in [3.05, 3.63) is 52.8 Å². The summed E-state index contributed by atoms with van der Waals surface area (Å²) in [4.78, 5) is 26.8. The second kappa shape index (κ2) is 5.78. The number of hydrogen-bond donors (Lipinski definition) is 1. The summed E-state index contributed by atoms with van der Waals surface area (Å²) in [5.74, 6) is -0.221. The first kappa shape index (κ1) is 16.2. The highest BCUT2D eigenvalue weighted by molar-refractivity contribution is 6.07. The van der Waals surface area contributed by atoms with Gasteiger partial charge in [-0.05, 0) is 37.0 Å². The molecule has 1 fully saturated rings. The minimum Gasteiger partial charge on any atom is -0.319 e. The van der Waals surface area contributed by atoms with E-state index in [1.807, 2.05) is 39.0 Å². The van der Waals surface area contributed by atoms with Crippen molar-refractivity contribution in [2.75, 3.05) is 0 Å². The van der Waals surface area contributed by atoms with Crippen molar-refractivity contribution < 1.29 is 9.59 Å². The molecular weight excluding hydrogens is 304 g/mol. The SMILES string of the molecule is CC[C@@]1(c2cnn(C)c2)NC(=O)N(Cc2ccc(C)c(C)c2)C1=O. The maximum atomic E-state index is 13.0. The van der Waals surface area contributed by atoms with Crippen molar-refractivity contribution >= 4 is 11.9 Å². The normalized spacial score (nSPS) is 20.6. The maximum absolute atomic E-state index is 13.0. The molecule has 0 saturated carbocycles. The van der Waals surface area contributed by atoms with Gasteiger partial charge in [0.2, 0.25) is 0 Å². The van der Waals surface area contributed by atoms with Gasteiger partial charge in [0.05, 0.1) is 12.7 Å². The molecule has 0 bridgehead atoms. The average molecular weight is 326 g/mol. The molecule has 0 unspecified atom stereocenters. The van der Waals surface area contributed by atoms with E-state index >= 15 is 0 Å². The van der Waals surface area contributed by atoms with E-state index in [0.717, 1.165) is 11.1 Å². The molecule has 1 N–H and O–H groups in total. The van der Waals surface area contributed by atoms with Gasteiger partial charge in [-0.1, -0.05) is 25.1 Å². The number of carbonyl (C=O) groups excluding carboxylic acids is 2. The van der Waals surface area contributed by atoms with E-state index in [1.54, 1.807) is 24.1 Å². The van der Waals surface area contributed by atoms with Crippen molar-refractivity contribution in [3.63, 3.8) is 0 Å². The quantitative estimate of drug-likeness (QED) is 0.877. The third kappa shape index (κ3) is 2.48.